The molecule has 0 spiro atoms. The van der Waals surface area contributed by atoms with Crippen molar-refractivity contribution in [2.24, 2.45) is 23.7 Å². The minimum absolute atomic E-state index is 0. The van der Waals surface area contributed by atoms with Crippen LogP contribution in [-0.2, 0) is 19.1 Å². The van der Waals surface area contributed by atoms with Gasteiger partial charge in [-0.05, 0) is 38.8 Å². The van der Waals surface area contributed by atoms with Gasteiger partial charge in [-0.1, -0.05) is 13.8 Å². The van der Waals surface area contributed by atoms with Crippen molar-refractivity contribution in [2.75, 3.05) is 39.4 Å². The molecule has 6 nitrogen and oxygen atoms in total. The second-order valence-corrected chi connectivity index (χ2v) is 5.99. The quantitative estimate of drug-likeness (QED) is 0.715. The monoisotopic (exact) mass is 386 g/mol. The van der Waals surface area contributed by atoms with Crippen LogP contribution in [0.3, 0.4) is 0 Å². The molecule has 0 saturated carbocycles. The minimum Gasteiger partial charge on any atom is -0.466 e. The van der Waals surface area contributed by atoms with Gasteiger partial charge in [0.1, 0.15) is 0 Å². The third kappa shape index (κ3) is 8.01. The Hall–Kier alpha value is -0.560. The Bertz CT molecular complexity index is 338. The van der Waals surface area contributed by atoms with Crippen molar-refractivity contribution >= 4 is 36.8 Å². The molecule has 0 unspecified atom stereocenters. The van der Waals surface area contributed by atoms with Crippen molar-refractivity contribution in [1.82, 2.24) is 10.6 Å². The summed E-state index contributed by atoms with van der Waals surface area (Å²) < 4.78 is 9.83. The third-order valence-electron chi connectivity index (χ3n) is 4.21. The molecule has 0 amide bonds. The van der Waals surface area contributed by atoms with Gasteiger partial charge in [0.15, 0.2) is 0 Å². The van der Waals surface area contributed by atoms with Gasteiger partial charge in [0, 0.05) is 13.1 Å². The van der Waals surface area contributed by atoms with Gasteiger partial charge in [-0.25, -0.2) is 0 Å². The highest BCUT2D eigenvalue weighted by atomic mass is 35.5. The summed E-state index contributed by atoms with van der Waals surface area (Å²) in [5.74, 6) is 0.906. The van der Waals surface area contributed by atoms with Gasteiger partial charge in [0.2, 0.25) is 0 Å². The molecule has 0 aromatic heterocycles. The van der Waals surface area contributed by atoms with E-state index in [0.717, 1.165) is 26.2 Å². The highest BCUT2D eigenvalue weighted by Crippen LogP contribution is 2.17. The lowest BCUT2D eigenvalue weighted by Gasteiger charge is -2.11. The SMILES string of the molecule is CCOC(=O)[C@@H]1CNC[C@H]1C.CCOC(=O)[C@H]1CNC[C@@H]1C.Cl.Cl. The summed E-state index contributed by atoms with van der Waals surface area (Å²) in [6.07, 6.45) is 0. The molecule has 2 rings (SSSR count). The van der Waals surface area contributed by atoms with Crippen LogP contribution in [0.5, 0.6) is 0 Å². The molecule has 8 heteroatoms. The number of carbonyl (C=O) groups is 2. The van der Waals surface area contributed by atoms with E-state index >= 15 is 0 Å². The average molecular weight is 387 g/mol. The topological polar surface area (TPSA) is 76.7 Å². The molecule has 2 aliphatic heterocycles. The fraction of sp³-hybridized carbons (Fsp3) is 0.875. The van der Waals surface area contributed by atoms with Gasteiger partial charge in [-0.15, -0.1) is 24.8 Å². The number of esters is 2. The Morgan fingerprint density at radius 1 is 0.792 bits per heavy atom. The van der Waals surface area contributed by atoms with Gasteiger partial charge in [0.05, 0.1) is 25.0 Å². The molecule has 0 aliphatic carbocycles. The first-order chi connectivity index (χ1) is 10.5. The Morgan fingerprint density at radius 3 is 1.33 bits per heavy atom. The molecule has 2 aliphatic rings. The Kier molecular flexibility index (Phi) is 14.7. The van der Waals surface area contributed by atoms with E-state index in [1.165, 1.54) is 0 Å². The van der Waals surface area contributed by atoms with Gasteiger partial charge in [0.25, 0.3) is 0 Å². The van der Waals surface area contributed by atoms with Crippen LogP contribution >= 0.6 is 24.8 Å². The van der Waals surface area contributed by atoms with E-state index in [1.54, 1.807) is 0 Å². The van der Waals surface area contributed by atoms with E-state index in [9.17, 15) is 9.59 Å². The summed E-state index contributed by atoms with van der Waals surface area (Å²) in [5, 5.41) is 6.32. The Balaban J connectivity index is 0. The fourth-order valence-corrected chi connectivity index (χ4v) is 2.75. The molecule has 2 fully saturated rings. The van der Waals surface area contributed by atoms with E-state index in [2.05, 4.69) is 24.5 Å². The number of carbonyl (C=O) groups excluding carboxylic acids is 2. The predicted octanol–water partition coefficient (Wildman–Crippen LogP) is 1.65. The van der Waals surface area contributed by atoms with E-state index in [4.69, 9.17) is 9.47 Å². The molecule has 144 valence electrons. The van der Waals surface area contributed by atoms with Crippen LogP contribution < -0.4 is 10.6 Å². The number of halogens is 2. The Morgan fingerprint density at radius 2 is 1.12 bits per heavy atom. The van der Waals surface area contributed by atoms with Crippen molar-refractivity contribution < 1.29 is 19.1 Å². The third-order valence-corrected chi connectivity index (χ3v) is 4.21. The van der Waals surface area contributed by atoms with Crippen LogP contribution in [0.25, 0.3) is 0 Å². The van der Waals surface area contributed by atoms with Crippen molar-refractivity contribution in [1.29, 1.82) is 0 Å². The molecular weight excluding hydrogens is 355 g/mol. The molecule has 2 heterocycles. The lowest BCUT2D eigenvalue weighted by atomic mass is 9.99. The number of hydrogen-bond donors (Lipinski definition) is 2. The van der Waals surface area contributed by atoms with E-state index < -0.39 is 0 Å². The zero-order chi connectivity index (χ0) is 16.5. The highest BCUT2D eigenvalue weighted by molar-refractivity contribution is 5.85. The Labute approximate surface area is 157 Å². The summed E-state index contributed by atoms with van der Waals surface area (Å²) in [6, 6.07) is 0. The predicted molar refractivity (Wildman–Crippen MR) is 98.8 cm³/mol. The molecule has 24 heavy (non-hydrogen) atoms. The molecule has 0 radical (unpaired) electrons. The summed E-state index contributed by atoms with van der Waals surface area (Å²) in [6.45, 7) is 12.2. The largest absolute Gasteiger partial charge is 0.466 e. The number of hydrogen-bond acceptors (Lipinski definition) is 6. The normalized spacial score (nSPS) is 27.8. The number of rotatable bonds is 4. The smallest absolute Gasteiger partial charge is 0.310 e. The maximum atomic E-state index is 11.2. The first kappa shape index (κ1) is 25.7. The first-order valence-corrected chi connectivity index (χ1v) is 8.25. The number of nitrogens with one attached hydrogen (secondary N) is 2. The van der Waals surface area contributed by atoms with Crippen LogP contribution in [-0.4, -0.2) is 51.3 Å². The van der Waals surface area contributed by atoms with Crippen LogP contribution in [0.1, 0.15) is 27.7 Å². The van der Waals surface area contributed by atoms with Gasteiger partial charge in [-0.3, -0.25) is 9.59 Å². The standard InChI is InChI=1S/2C8H15NO2.2ClH/c2*1-3-11-8(10)7-5-9-4-6(7)2;;/h2*6-7,9H,3-5H2,1-2H3;2*1H/t2*6-,7-;;/m10../s1. The van der Waals surface area contributed by atoms with Crippen LogP contribution in [0.4, 0.5) is 0 Å². The lowest BCUT2D eigenvalue weighted by Crippen LogP contribution is -2.23. The maximum Gasteiger partial charge on any atom is 0.310 e. The molecule has 2 N–H and O–H groups in total. The van der Waals surface area contributed by atoms with Crippen LogP contribution in [0, 0.1) is 23.7 Å². The fourth-order valence-electron chi connectivity index (χ4n) is 2.75. The van der Waals surface area contributed by atoms with Gasteiger partial charge >= 0.3 is 11.9 Å². The molecular formula is C16H32Cl2N2O4. The maximum absolute atomic E-state index is 11.2. The second kappa shape index (κ2) is 13.7. The average Bonchev–Trinajstić information content (AvgIpc) is 3.08. The van der Waals surface area contributed by atoms with Crippen LogP contribution in [0.15, 0.2) is 0 Å². The molecule has 2 saturated heterocycles. The zero-order valence-corrected chi connectivity index (χ0v) is 16.6. The lowest BCUT2D eigenvalue weighted by molar-refractivity contribution is -0.149. The first-order valence-electron chi connectivity index (χ1n) is 8.25. The van der Waals surface area contributed by atoms with Crippen molar-refractivity contribution in [2.45, 2.75) is 27.7 Å². The van der Waals surface area contributed by atoms with Gasteiger partial charge in [-0.2, -0.15) is 0 Å². The van der Waals surface area contributed by atoms with Crippen molar-refractivity contribution in [3.63, 3.8) is 0 Å². The van der Waals surface area contributed by atoms with Gasteiger partial charge < -0.3 is 20.1 Å². The zero-order valence-electron chi connectivity index (χ0n) is 15.0. The highest BCUT2D eigenvalue weighted by Gasteiger charge is 2.31. The molecule has 0 aromatic carbocycles. The van der Waals surface area contributed by atoms with Crippen LogP contribution in [0.2, 0.25) is 0 Å². The van der Waals surface area contributed by atoms with Crippen molar-refractivity contribution in [3.8, 4) is 0 Å². The number of ether oxygens (including phenoxy) is 2. The minimum atomic E-state index is -0.0509. The molecule has 0 bridgehead atoms. The second-order valence-electron chi connectivity index (χ2n) is 5.99. The summed E-state index contributed by atoms with van der Waals surface area (Å²) in [7, 11) is 0. The summed E-state index contributed by atoms with van der Waals surface area (Å²) >= 11 is 0. The molecule has 4 atom stereocenters. The van der Waals surface area contributed by atoms with E-state index in [1.807, 2.05) is 13.8 Å². The van der Waals surface area contributed by atoms with E-state index in [0.29, 0.717) is 25.0 Å². The van der Waals surface area contributed by atoms with Crippen molar-refractivity contribution in [3.05, 3.63) is 0 Å². The molecule has 0 aromatic rings. The van der Waals surface area contributed by atoms with E-state index in [-0.39, 0.29) is 48.6 Å². The summed E-state index contributed by atoms with van der Waals surface area (Å²) in [4.78, 5) is 22.4. The summed E-state index contributed by atoms with van der Waals surface area (Å²) in [5.41, 5.74) is 0.